The summed E-state index contributed by atoms with van der Waals surface area (Å²) in [4.78, 5) is 0. The molecule has 0 atom stereocenters. The van der Waals surface area contributed by atoms with E-state index in [1.807, 2.05) is 60.7 Å². The van der Waals surface area contributed by atoms with E-state index in [0.29, 0.717) is 39.0 Å². The van der Waals surface area contributed by atoms with Gasteiger partial charge in [0.25, 0.3) is 0 Å². The van der Waals surface area contributed by atoms with Crippen LogP contribution < -0.4 is 0 Å². The molecule has 3 heterocycles. The van der Waals surface area contributed by atoms with Crippen LogP contribution in [-0.4, -0.2) is 9.13 Å². The Morgan fingerprint density at radius 2 is 0.855 bits per heavy atom. The molecular weight excluding hydrogens is 921 g/mol. The topological polar surface area (TPSA) is 23.0 Å². The highest BCUT2D eigenvalue weighted by molar-refractivity contribution is 6.14. The Bertz CT molecular complexity index is 5280. The molecule has 3 heteroatoms. The van der Waals surface area contributed by atoms with Crippen molar-refractivity contribution in [3.05, 3.63) is 301 Å². The van der Waals surface area contributed by atoms with Gasteiger partial charge in [-0.2, -0.15) is 0 Å². The molecule has 0 bridgehead atoms. The molecule has 76 heavy (non-hydrogen) atoms. The van der Waals surface area contributed by atoms with E-state index < -0.39 is 47.7 Å². The fourth-order valence-corrected chi connectivity index (χ4v) is 12.5. The lowest BCUT2D eigenvalue weighted by Crippen LogP contribution is -2.28. The first kappa shape index (κ1) is 34.5. The normalized spacial score (nSPS) is 14.5. The van der Waals surface area contributed by atoms with Gasteiger partial charge in [-0.15, -0.1) is 0 Å². The predicted molar refractivity (Wildman–Crippen MR) is 316 cm³/mol. The van der Waals surface area contributed by atoms with E-state index in [4.69, 9.17) is 8.53 Å². The molecule has 0 saturated heterocycles. The van der Waals surface area contributed by atoms with Crippen molar-refractivity contribution >= 4 is 65.6 Å². The number of para-hydroxylation sites is 5. The molecule has 12 aromatic carbocycles. The van der Waals surface area contributed by atoms with Gasteiger partial charge >= 0.3 is 0 Å². The van der Waals surface area contributed by atoms with Crippen molar-refractivity contribution in [3.63, 3.8) is 0 Å². The van der Waals surface area contributed by atoms with Crippen LogP contribution >= 0.6 is 0 Å². The van der Waals surface area contributed by atoms with E-state index in [9.17, 15) is 8.22 Å². The van der Waals surface area contributed by atoms with E-state index in [1.165, 1.54) is 10.8 Å². The number of hydrogen-bond acceptors (Lipinski definition) is 1. The van der Waals surface area contributed by atoms with E-state index in [2.05, 4.69) is 143 Å². The second-order valence-corrected chi connectivity index (χ2v) is 19.6. The van der Waals surface area contributed by atoms with E-state index in [1.54, 1.807) is 30.3 Å². The van der Waals surface area contributed by atoms with Crippen LogP contribution in [0.3, 0.4) is 0 Å². The molecule has 0 radical (unpaired) electrons. The van der Waals surface area contributed by atoms with Gasteiger partial charge in [-0.3, -0.25) is 0 Å². The van der Waals surface area contributed by atoms with E-state index >= 15 is 0 Å². The van der Waals surface area contributed by atoms with Crippen LogP contribution in [0, 0.1) is 0 Å². The van der Waals surface area contributed by atoms with Crippen molar-refractivity contribution in [1.29, 1.82) is 0 Å². The SMILES string of the molecule is [2H]c1c([2H])c([2H])c(C2(c3c([2H])c([2H])c(-c4cccc5c4oc4cc(-c6ccccc6-n6c7ccccc7c7cc(-c8ccc9c(c8)c8ccccc8n9-c8ccccc8)ccc76)ccc45)c([2H])c3[2H])c3ccccc3-c3ccccc32)c([2H])c1[2H]. The third kappa shape index (κ3) is 6.11. The summed E-state index contributed by atoms with van der Waals surface area (Å²) in [5.41, 5.74) is 12.2. The molecule has 1 aliphatic rings. The lowest BCUT2D eigenvalue weighted by Gasteiger charge is -2.34. The van der Waals surface area contributed by atoms with Crippen molar-refractivity contribution in [3.8, 4) is 55.9 Å². The van der Waals surface area contributed by atoms with Crippen LogP contribution in [0.4, 0.5) is 0 Å². The van der Waals surface area contributed by atoms with Crippen LogP contribution in [0.25, 0.3) is 121 Å². The fraction of sp³-hybridized carbons (Fsp3) is 0.0137. The van der Waals surface area contributed by atoms with Gasteiger partial charge in [0, 0.05) is 49.1 Å². The Balaban J connectivity index is 0.827. The molecule has 3 nitrogen and oxygen atoms in total. The highest BCUT2D eigenvalue weighted by Crippen LogP contribution is 2.56. The predicted octanol–water partition coefficient (Wildman–Crippen LogP) is 19.1. The van der Waals surface area contributed by atoms with Gasteiger partial charge in [0.05, 0.1) is 45.5 Å². The minimum Gasteiger partial charge on any atom is -0.455 e. The molecule has 16 rings (SSSR count). The molecule has 0 unspecified atom stereocenters. The molecule has 0 aliphatic heterocycles. The zero-order valence-corrected chi connectivity index (χ0v) is 40.7. The molecule has 15 aromatic rings. The Morgan fingerprint density at radius 1 is 0.329 bits per heavy atom. The number of rotatable bonds is 7. The van der Waals surface area contributed by atoms with E-state index in [0.717, 1.165) is 77.2 Å². The molecule has 0 saturated carbocycles. The summed E-state index contributed by atoms with van der Waals surface area (Å²) in [5, 5.41) is 6.16. The molecule has 0 fully saturated rings. The molecule has 0 N–H and O–H groups in total. The minimum atomic E-state index is -1.85. The maximum absolute atomic E-state index is 10.0. The number of aromatic nitrogens is 2. The average molecular weight is 976 g/mol. The highest BCUT2D eigenvalue weighted by atomic mass is 16.3. The molecular formula is C73H46N2O. The molecule has 3 aromatic heterocycles. The number of hydrogen-bond donors (Lipinski definition) is 0. The van der Waals surface area contributed by atoms with Crippen LogP contribution in [0.15, 0.2) is 283 Å². The van der Waals surface area contributed by atoms with E-state index in [-0.39, 0.29) is 28.8 Å². The summed E-state index contributed by atoms with van der Waals surface area (Å²) in [6.45, 7) is 0. The Kier molecular flexibility index (Phi) is 7.49. The lowest BCUT2D eigenvalue weighted by atomic mass is 9.67. The Labute approximate surface area is 452 Å². The molecule has 1 aliphatic carbocycles. The standard InChI is InChI=1S/C73H46N2O/c1-3-18-51(19-4-1)73(64-29-12-7-23-56(64)57-24-8-13-30-65(57)73)52-39-34-47(35-40-52)55-27-17-28-61-60-41-36-50(46-71(60)76-72(55)61)54-22-9-14-31-66(54)75-68-33-16-11-26-59(68)63-45-49(38-43-70(63)75)48-37-42-69-62(44-48)58-25-10-15-32-67(58)74(69)53-20-5-2-6-21-53/h1-46H/i1D,3D,4D,18D,19D,34D,35D,39D,40D. The summed E-state index contributed by atoms with van der Waals surface area (Å²) in [5.74, 6) is 0. The first-order chi connectivity index (χ1) is 41.4. The van der Waals surface area contributed by atoms with Crippen molar-refractivity contribution in [2.75, 3.05) is 0 Å². The summed E-state index contributed by atoms with van der Waals surface area (Å²) in [6, 6.07) is 71.4. The van der Waals surface area contributed by atoms with Crippen molar-refractivity contribution < 1.29 is 16.8 Å². The first-order valence-corrected chi connectivity index (χ1v) is 25.5. The van der Waals surface area contributed by atoms with Crippen molar-refractivity contribution in [1.82, 2.24) is 9.13 Å². The summed E-state index contributed by atoms with van der Waals surface area (Å²) >= 11 is 0. The van der Waals surface area contributed by atoms with Gasteiger partial charge in [-0.25, -0.2) is 0 Å². The maximum Gasteiger partial charge on any atom is 0.143 e. The van der Waals surface area contributed by atoms with Gasteiger partial charge < -0.3 is 13.6 Å². The zero-order valence-electron chi connectivity index (χ0n) is 49.7. The van der Waals surface area contributed by atoms with Gasteiger partial charge in [-0.05, 0) is 122 Å². The largest absolute Gasteiger partial charge is 0.455 e. The number of fused-ring (bicyclic) bond motifs is 12. The van der Waals surface area contributed by atoms with Gasteiger partial charge in [0.1, 0.15) is 11.2 Å². The third-order valence-electron chi connectivity index (χ3n) is 15.7. The van der Waals surface area contributed by atoms with Crippen molar-refractivity contribution in [2.24, 2.45) is 0 Å². The van der Waals surface area contributed by atoms with Crippen LogP contribution in [0.5, 0.6) is 0 Å². The fourth-order valence-electron chi connectivity index (χ4n) is 12.5. The molecule has 354 valence electrons. The average Bonchev–Trinajstić information content (AvgIpc) is 2.09. The summed E-state index contributed by atoms with van der Waals surface area (Å²) in [6.07, 6.45) is 0. The second kappa shape index (κ2) is 16.5. The zero-order chi connectivity index (χ0) is 57.7. The smallest absolute Gasteiger partial charge is 0.143 e. The number of furan rings is 1. The van der Waals surface area contributed by atoms with Gasteiger partial charge in [-0.1, -0.05) is 212 Å². The Morgan fingerprint density at radius 3 is 1.55 bits per heavy atom. The second-order valence-electron chi connectivity index (χ2n) is 19.6. The minimum absolute atomic E-state index is 0.00971. The van der Waals surface area contributed by atoms with Gasteiger partial charge in [0.2, 0.25) is 0 Å². The van der Waals surface area contributed by atoms with Crippen molar-refractivity contribution in [2.45, 2.75) is 5.41 Å². The monoisotopic (exact) mass is 975 g/mol. The lowest BCUT2D eigenvalue weighted by molar-refractivity contribution is 0.670. The Hall–Kier alpha value is -9.96. The number of benzene rings is 12. The van der Waals surface area contributed by atoms with Gasteiger partial charge in [0.15, 0.2) is 0 Å². The maximum atomic E-state index is 10.0. The first-order valence-electron chi connectivity index (χ1n) is 30.0. The summed E-state index contributed by atoms with van der Waals surface area (Å²) in [7, 11) is 0. The summed E-state index contributed by atoms with van der Waals surface area (Å²) < 4.78 is 96.3. The number of nitrogens with zero attached hydrogens (tertiary/aromatic N) is 2. The van der Waals surface area contributed by atoms with Crippen LogP contribution in [0.2, 0.25) is 0 Å². The van der Waals surface area contributed by atoms with Crippen LogP contribution in [0.1, 0.15) is 34.6 Å². The highest BCUT2D eigenvalue weighted by Gasteiger charge is 2.45. The molecule has 0 amide bonds. The molecule has 0 spiro atoms. The van der Waals surface area contributed by atoms with Crippen LogP contribution in [-0.2, 0) is 5.41 Å². The quantitative estimate of drug-likeness (QED) is 0.156. The third-order valence-corrected chi connectivity index (χ3v) is 15.7.